The van der Waals surface area contributed by atoms with E-state index in [9.17, 15) is 30.0 Å². The van der Waals surface area contributed by atoms with E-state index in [2.05, 4.69) is 4.98 Å². The van der Waals surface area contributed by atoms with Gasteiger partial charge in [0, 0.05) is 17.0 Å². The Kier molecular flexibility index (Phi) is 8.56. The largest absolute Gasteiger partial charge is 0.508 e. The van der Waals surface area contributed by atoms with Gasteiger partial charge < -0.3 is 20.4 Å². The number of amides is 2. The third-order valence-corrected chi connectivity index (χ3v) is 8.69. The molecule has 1 saturated heterocycles. The Bertz CT molecular complexity index is 1400. The van der Waals surface area contributed by atoms with Crippen molar-refractivity contribution < 1.29 is 30.0 Å². The molecule has 5 rings (SSSR count). The summed E-state index contributed by atoms with van der Waals surface area (Å²) in [6, 6.07) is 16.1. The molecule has 1 fully saturated rings. The number of phenolic OH excluding ortho intramolecular Hbond substituents is 1. The molecule has 0 spiro atoms. The van der Waals surface area contributed by atoms with E-state index in [1.54, 1.807) is 30.5 Å². The molecule has 2 amide bonds. The molecule has 3 aromatic rings. The van der Waals surface area contributed by atoms with Crippen LogP contribution in [0.25, 0.3) is 11.6 Å². The number of aliphatic hydroxyl groups excluding tert-OH is 3. The summed E-state index contributed by atoms with van der Waals surface area (Å²) in [4.78, 5) is 33.4. The fraction of sp³-hybridized carbons (Fsp3) is 0.323. The van der Waals surface area contributed by atoms with Gasteiger partial charge >= 0.3 is 0 Å². The molecule has 1 aliphatic carbocycles. The van der Waals surface area contributed by atoms with Crippen molar-refractivity contribution >= 4 is 34.8 Å². The summed E-state index contributed by atoms with van der Waals surface area (Å²) in [5.74, 6) is -2.68. The Morgan fingerprint density at radius 2 is 1.88 bits per heavy atom. The number of phenols is 1. The van der Waals surface area contributed by atoms with Gasteiger partial charge in [-0.1, -0.05) is 24.3 Å². The number of imide groups is 1. The number of fused-ring (bicyclic) bond motifs is 1. The molecule has 1 aromatic carbocycles. The van der Waals surface area contributed by atoms with Crippen molar-refractivity contribution in [2.75, 3.05) is 13.2 Å². The molecule has 208 valence electrons. The van der Waals surface area contributed by atoms with Gasteiger partial charge in [-0.15, -0.1) is 11.3 Å². The summed E-state index contributed by atoms with van der Waals surface area (Å²) in [6.45, 7) is -0.601. The van der Waals surface area contributed by atoms with E-state index < -0.39 is 30.5 Å². The van der Waals surface area contributed by atoms with Crippen molar-refractivity contribution in [2.45, 2.75) is 31.9 Å². The van der Waals surface area contributed by atoms with Crippen LogP contribution in [0.15, 0.2) is 77.3 Å². The maximum Gasteiger partial charge on any atom is 0.234 e. The number of allylic oxidation sites excluding steroid dienone is 1. The van der Waals surface area contributed by atoms with Crippen molar-refractivity contribution in [2.24, 2.45) is 17.8 Å². The number of nitrogens with zero attached hydrogens (tertiary/aromatic N) is 2. The molecular formula is C31H32N2O6S. The minimum absolute atomic E-state index is 0.162. The monoisotopic (exact) mass is 560 g/mol. The van der Waals surface area contributed by atoms with E-state index in [-0.39, 0.29) is 43.6 Å². The molecule has 0 saturated carbocycles. The summed E-state index contributed by atoms with van der Waals surface area (Å²) in [5.41, 5.74) is 3.42. The van der Waals surface area contributed by atoms with E-state index in [4.69, 9.17) is 0 Å². The minimum atomic E-state index is -1.04. The normalized spacial score (nSPS) is 22.1. The summed E-state index contributed by atoms with van der Waals surface area (Å²) < 4.78 is 0. The number of likely N-dealkylation sites (tertiary alicyclic amines) is 1. The molecular weight excluding hydrogens is 528 g/mol. The fourth-order valence-corrected chi connectivity index (χ4v) is 6.62. The van der Waals surface area contributed by atoms with Gasteiger partial charge in [0.25, 0.3) is 0 Å². The van der Waals surface area contributed by atoms with Gasteiger partial charge in [-0.2, -0.15) is 0 Å². The summed E-state index contributed by atoms with van der Waals surface area (Å²) in [5, 5.41) is 43.7. The zero-order chi connectivity index (χ0) is 28.2. The third kappa shape index (κ3) is 5.64. The number of thiophene rings is 1. The molecule has 40 heavy (non-hydrogen) atoms. The highest BCUT2D eigenvalue weighted by atomic mass is 32.1. The predicted octanol–water partition coefficient (Wildman–Crippen LogP) is 3.63. The standard InChI is InChI=1S/C31H32N2O6S/c34-17-21-15-24-29(31(39)33(30(24)38)16-23-4-3-13-40-23)25(18-35)28(21)27(37)11-8-20(26-5-1-2-12-32-26)14-19-6-9-22(36)10-7-19/h1-7,9-10,12-14,24-25,27,29,34-37H,8,11,15-18H2/b20-14-/t24-,25+,27-,29-/m1/s1. The third-order valence-electron chi connectivity index (χ3n) is 7.83. The molecule has 2 aliphatic rings. The molecule has 1 aliphatic heterocycles. The number of hydrogen-bond donors (Lipinski definition) is 4. The number of aromatic hydroxyl groups is 1. The van der Waals surface area contributed by atoms with Crippen LogP contribution in [-0.2, 0) is 16.1 Å². The van der Waals surface area contributed by atoms with Crippen LogP contribution in [0, 0.1) is 17.8 Å². The smallest absolute Gasteiger partial charge is 0.234 e. The maximum absolute atomic E-state index is 13.5. The van der Waals surface area contributed by atoms with Crippen molar-refractivity contribution in [3.05, 3.63) is 93.5 Å². The van der Waals surface area contributed by atoms with Crippen LogP contribution in [0.4, 0.5) is 0 Å². The van der Waals surface area contributed by atoms with Crippen molar-refractivity contribution in [3.63, 3.8) is 0 Å². The highest BCUT2D eigenvalue weighted by molar-refractivity contribution is 7.09. The lowest BCUT2D eigenvalue weighted by molar-refractivity contribution is -0.140. The van der Waals surface area contributed by atoms with Crippen molar-refractivity contribution in [1.29, 1.82) is 0 Å². The zero-order valence-corrected chi connectivity index (χ0v) is 22.7. The zero-order valence-electron chi connectivity index (χ0n) is 21.9. The molecule has 0 radical (unpaired) electrons. The first-order chi connectivity index (χ1) is 19.4. The van der Waals surface area contributed by atoms with E-state index >= 15 is 0 Å². The molecule has 8 nitrogen and oxygen atoms in total. The van der Waals surface area contributed by atoms with Crippen LogP contribution in [-0.4, -0.2) is 61.4 Å². The topological polar surface area (TPSA) is 131 Å². The number of pyridine rings is 1. The van der Waals surface area contributed by atoms with E-state index in [0.717, 1.165) is 21.7 Å². The van der Waals surface area contributed by atoms with Crippen LogP contribution < -0.4 is 0 Å². The van der Waals surface area contributed by atoms with Crippen molar-refractivity contribution in [3.8, 4) is 5.75 Å². The Morgan fingerprint density at radius 3 is 2.52 bits per heavy atom. The van der Waals surface area contributed by atoms with Gasteiger partial charge in [0.1, 0.15) is 5.75 Å². The van der Waals surface area contributed by atoms with Crippen molar-refractivity contribution in [1.82, 2.24) is 9.88 Å². The number of benzene rings is 1. The van der Waals surface area contributed by atoms with Crippen LogP contribution in [0.5, 0.6) is 5.75 Å². The second-order valence-electron chi connectivity index (χ2n) is 10.2. The van der Waals surface area contributed by atoms with E-state index in [0.29, 0.717) is 17.6 Å². The Labute approximate surface area is 236 Å². The lowest BCUT2D eigenvalue weighted by Gasteiger charge is -2.36. The quantitative estimate of drug-likeness (QED) is 0.220. The fourth-order valence-electron chi connectivity index (χ4n) is 5.93. The Balaban J connectivity index is 1.39. The van der Waals surface area contributed by atoms with Gasteiger partial charge in [0.05, 0.1) is 43.4 Å². The number of carbonyl (C=O) groups is 2. The molecule has 0 unspecified atom stereocenters. The molecule has 9 heteroatoms. The first-order valence-corrected chi connectivity index (χ1v) is 14.2. The van der Waals surface area contributed by atoms with Gasteiger partial charge in [-0.3, -0.25) is 19.5 Å². The number of aliphatic hydroxyl groups is 3. The molecule has 2 aromatic heterocycles. The lowest BCUT2D eigenvalue weighted by Crippen LogP contribution is -2.39. The average molecular weight is 561 g/mol. The highest BCUT2D eigenvalue weighted by Gasteiger charge is 2.54. The Morgan fingerprint density at radius 1 is 1.07 bits per heavy atom. The highest BCUT2D eigenvalue weighted by Crippen LogP contribution is 2.46. The number of rotatable bonds is 10. The van der Waals surface area contributed by atoms with Crippen LogP contribution in [0.3, 0.4) is 0 Å². The van der Waals surface area contributed by atoms with Gasteiger partial charge in [0.15, 0.2) is 0 Å². The summed E-state index contributed by atoms with van der Waals surface area (Å²) >= 11 is 1.46. The predicted molar refractivity (Wildman–Crippen MR) is 152 cm³/mol. The molecule has 4 atom stereocenters. The van der Waals surface area contributed by atoms with Gasteiger partial charge in [-0.05, 0) is 83.3 Å². The second-order valence-corrected chi connectivity index (χ2v) is 11.2. The number of aromatic nitrogens is 1. The van der Waals surface area contributed by atoms with Crippen LogP contribution in [0.1, 0.15) is 35.4 Å². The SMILES string of the molecule is O=C1[C@@H]2[C@@H](CC(CO)=C([C@H](O)CC/C(=C/c3ccc(O)cc3)c3ccccn3)[C@@H]2CO)C(=O)N1Cc1cccs1. The Hall–Kier alpha value is -3.63. The first kappa shape index (κ1) is 27.9. The molecule has 0 bridgehead atoms. The lowest BCUT2D eigenvalue weighted by atomic mass is 9.68. The van der Waals surface area contributed by atoms with Crippen LogP contribution in [0.2, 0.25) is 0 Å². The number of hydrogen-bond acceptors (Lipinski definition) is 8. The molecule has 3 heterocycles. The number of carbonyl (C=O) groups excluding carboxylic acids is 2. The average Bonchev–Trinajstić information content (AvgIpc) is 3.58. The molecule has 4 N–H and O–H groups in total. The van der Waals surface area contributed by atoms with E-state index in [1.165, 1.54) is 16.2 Å². The van der Waals surface area contributed by atoms with E-state index in [1.807, 2.05) is 41.8 Å². The van der Waals surface area contributed by atoms with Crippen LogP contribution >= 0.6 is 11.3 Å². The van der Waals surface area contributed by atoms with Gasteiger partial charge in [-0.25, -0.2) is 0 Å². The summed E-state index contributed by atoms with van der Waals surface area (Å²) in [7, 11) is 0. The minimum Gasteiger partial charge on any atom is -0.508 e. The first-order valence-electron chi connectivity index (χ1n) is 13.3. The maximum atomic E-state index is 13.5. The second kappa shape index (κ2) is 12.3. The summed E-state index contributed by atoms with van der Waals surface area (Å²) in [6.07, 6.45) is 3.45. The van der Waals surface area contributed by atoms with Gasteiger partial charge in [0.2, 0.25) is 11.8 Å².